The zero-order valence-electron chi connectivity index (χ0n) is 34.7. The number of anilines is 2. The van der Waals surface area contributed by atoms with Crippen LogP contribution < -0.4 is 19.3 Å². The van der Waals surface area contributed by atoms with Crippen LogP contribution in [0.1, 0.15) is 147 Å². The number of halogens is 1. The molecule has 2 aliphatic carbocycles. The number of thiol groups is 1. The summed E-state index contributed by atoms with van der Waals surface area (Å²) in [6.07, 6.45) is 0.305. The van der Waals surface area contributed by atoms with Gasteiger partial charge < -0.3 is 28.4 Å². The van der Waals surface area contributed by atoms with E-state index in [1.54, 1.807) is 89.2 Å². The van der Waals surface area contributed by atoms with Crippen molar-refractivity contribution in [3.05, 3.63) is 21.9 Å². The van der Waals surface area contributed by atoms with E-state index in [1.807, 2.05) is 0 Å². The summed E-state index contributed by atoms with van der Waals surface area (Å²) in [5.74, 6) is 0.766. The van der Waals surface area contributed by atoms with Crippen LogP contribution in [0.3, 0.4) is 0 Å². The van der Waals surface area contributed by atoms with Gasteiger partial charge >= 0.3 is 49.1 Å². The van der Waals surface area contributed by atoms with Gasteiger partial charge in [0.1, 0.15) is 26.9 Å². The zero-order valence-corrected chi connectivity index (χ0v) is 37.2. The standard InChI is InChI=1S/C18H26BrN3O5.C18H27N3O5.2CH4.BHNS/c1-17(2,3)26-15(23)22(16(24)27-18(4,5)6)14-20-12(10-8-9-10)11(19)13(21-14)25-7;1-17(2,3)25-15(22)21(16(23)26-18(4,5)6)14-19-12(11-8-9-11)10-13(20-14)24-7;;;1-2-3/h10H,8-9H2,1-7H3;10-11H,8-9H2,1-7H3;2*1H4;3H. The molecule has 2 aromatic heterocycles. The fourth-order valence-corrected chi connectivity index (χ4v) is 4.89. The molecule has 2 heterocycles. The van der Waals surface area contributed by atoms with Crippen LogP contribution in [0.2, 0.25) is 0 Å². The van der Waals surface area contributed by atoms with Crippen molar-refractivity contribution in [3.8, 4) is 11.8 Å². The summed E-state index contributed by atoms with van der Waals surface area (Å²) in [4.78, 5) is 69.4. The quantitative estimate of drug-likeness (QED) is 0.163. The average molecular weight is 900 g/mol. The van der Waals surface area contributed by atoms with Gasteiger partial charge in [0.2, 0.25) is 23.7 Å². The van der Waals surface area contributed by atoms with Gasteiger partial charge in [-0.2, -0.15) is 9.97 Å². The maximum absolute atomic E-state index is 12.7. The van der Waals surface area contributed by atoms with Gasteiger partial charge in [-0.3, -0.25) is 0 Å². The van der Waals surface area contributed by atoms with Crippen LogP contribution in [0.15, 0.2) is 14.8 Å². The van der Waals surface area contributed by atoms with Crippen molar-refractivity contribution in [2.45, 2.75) is 158 Å². The van der Waals surface area contributed by atoms with E-state index in [4.69, 9.17) is 28.4 Å². The Kier molecular flexibility index (Phi) is 20.3. The first-order valence-corrected chi connectivity index (χ1v) is 18.9. The second kappa shape index (κ2) is 21.8. The number of rotatable bonds is 6. The number of aromatic nitrogens is 4. The second-order valence-electron chi connectivity index (χ2n) is 16.6. The summed E-state index contributed by atoms with van der Waals surface area (Å²) in [5, 5.41) is 0. The average Bonchev–Trinajstić information content (AvgIpc) is 3.93. The van der Waals surface area contributed by atoms with Crippen LogP contribution in [0.4, 0.5) is 31.1 Å². The van der Waals surface area contributed by atoms with Crippen LogP contribution in [-0.4, -0.2) is 88.6 Å². The van der Waals surface area contributed by atoms with Crippen LogP contribution in [0.5, 0.6) is 11.8 Å². The van der Waals surface area contributed by atoms with E-state index in [0.29, 0.717) is 20.0 Å². The molecule has 2 aliphatic rings. The number of methoxy groups -OCH3 is 2. The number of amides is 4. The Bertz CT molecular complexity index is 1680. The molecule has 58 heavy (non-hydrogen) atoms. The van der Waals surface area contributed by atoms with Gasteiger partial charge in [0.25, 0.3) is 0 Å². The summed E-state index contributed by atoms with van der Waals surface area (Å²) >= 11 is 6.63. The molecule has 2 saturated carbocycles. The van der Waals surface area contributed by atoms with E-state index >= 15 is 0 Å². The van der Waals surface area contributed by atoms with Crippen molar-refractivity contribution in [3.63, 3.8) is 0 Å². The minimum atomic E-state index is -0.914. The molecular weight excluding hydrogens is 837 g/mol. The van der Waals surface area contributed by atoms with Crippen molar-refractivity contribution in [2.75, 3.05) is 24.0 Å². The molecule has 1 radical (unpaired) electrons. The molecule has 2 aromatic rings. The molecule has 20 heteroatoms. The molecule has 17 nitrogen and oxygen atoms in total. The molecule has 0 N–H and O–H groups in total. The second-order valence-corrected chi connectivity index (χ2v) is 17.6. The summed E-state index contributed by atoms with van der Waals surface area (Å²) in [6, 6.07) is 1.71. The van der Waals surface area contributed by atoms with Crippen molar-refractivity contribution in [2.24, 2.45) is 4.30 Å². The molecule has 4 amide bonds. The first kappa shape index (κ1) is 53.9. The molecule has 0 aromatic carbocycles. The first-order valence-electron chi connectivity index (χ1n) is 17.7. The molecule has 325 valence electrons. The predicted octanol–water partition coefficient (Wildman–Crippen LogP) is 10.3. The van der Waals surface area contributed by atoms with E-state index in [-0.39, 0.29) is 50.3 Å². The van der Waals surface area contributed by atoms with Gasteiger partial charge in [-0.05, 0) is 125 Å². The summed E-state index contributed by atoms with van der Waals surface area (Å²) in [7, 11) is 7.26. The van der Waals surface area contributed by atoms with Crippen LogP contribution in [-0.2, 0) is 18.9 Å². The third kappa shape index (κ3) is 18.2. The Balaban J connectivity index is 0.00000102. The number of carbonyl (C=O) groups is 4. The predicted molar refractivity (Wildman–Crippen MR) is 229 cm³/mol. The number of hydrogen-bond acceptors (Lipinski definition) is 16. The molecule has 4 rings (SSSR count). The normalized spacial score (nSPS) is 13.5. The fraction of sp³-hybridized carbons (Fsp3) is 0.684. The molecular formula is C38H62BBrN7O10S. The van der Waals surface area contributed by atoms with Gasteiger partial charge in [0.05, 0.1) is 25.6 Å². The molecule has 0 saturated heterocycles. The molecule has 0 atom stereocenters. The van der Waals surface area contributed by atoms with Crippen molar-refractivity contribution >= 4 is 72.7 Å². The summed E-state index contributed by atoms with van der Waals surface area (Å²) < 4.78 is 35.2. The van der Waals surface area contributed by atoms with E-state index < -0.39 is 46.8 Å². The van der Waals surface area contributed by atoms with Crippen LogP contribution in [0, 0.1) is 0 Å². The zero-order chi connectivity index (χ0) is 43.0. The number of ether oxygens (including phenoxy) is 6. The van der Waals surface area contributed by atoms with E-state index in [1.165, 1.54) is 14.2 Å². The molecule has 0 bridgehead atoms. The number of imide groups is 2. The molecule has 0 aliphatic heterocycles. The first-order chi connectivity index (χ1) is 25.6. The van der Waals surface area contributed by atoms with Crippen molar-refractivity contribution < 1.29 is 47.6 Å². The van der Waals surface area contributed by atoms with Crippen molar-refractivity contribution in [1.29, 1.82) is 0 Å². The Morgan fingerprint density at radius 1 is 0.655 bits per heavy atom. The van der Waals surface area contributed by atoms with Gasteiger partial charge in [0.15, 0.2) is 0 Å². The Morgan fingerprint density at radius 3 is 1.29 bits per heavy atom. The van der Waals surface area contributed by atoms with Crippen LogP contribution in [0.25, 0.3) is 0 Å². The Labute approximate surface area is 358 Å². The van der Waals surface area contributed by atoms with Gasteiger partial charge in [-0.15, -0.1) is 9.80 Å². The van der Waals surface area contributed by atoms with Crippen molar-refractivity contribution in [1.82, 2.24) is 19.9 Å². The van der Waals surface area contributed by atoms with Gasteiger partial charge in [0, 0.05) is 17.9 Å². The molecule has 0 spiro atoms. The molecule has 2 fully saturated rings. The Hall–Kier alpha value is -4.07. The third-order valence-corrected chi connectivity index (χ3v) is 7.36. The maximum atomic E-state index is 12.7. The minimum absolute atomic E-state index is 0. The fourth-order valence-electron chi connectivity index (χ4n) is 4.22. The monoisotopic (exact) mass is 898 g/mol. The summed E-state index contributed by atoms with van der Waals surface area (Å²) in [6.45, 7) is 20.5. The number of hydrogen-bond donors (Lipinski definition) is 1. The van der Waals surface area contributed by atoms with Crippen LogP contribution >= 0.6 is 28.7 Å². The van der Waals surface area contributed by atoms with Gasteiger partial charge in [-0.1, -0.05) is 14.9 Å². The topological polar surface area (TPSA) is 194 Å². The molecule has 0 unspecified atom stereocenters. The third-order valence-electron chi connectivity index (χ3n) is 6.61. The van der Waals surface area contributed by atoms with E-state index in [2.05, 4.69) is 60.6 Å². The number of nitrogens with zero attached hydrogens (tertiary/aromatic N) is 7. The Morgan fingerprint density at radius 2 is 1.00 bits per heavy atom. The SMILES string of the molecule is C.C.COc1cc(C2CC2)nc(N(C(=O)OC(C)(C)C)C(=O)OC(C)(C)C)n1.COc1nc(N(C(=O)OC(C)(C)C)C(=O)OC(C)(C)C)nc(C2CC2)c1Br.[B]=NS. The summed E-state index contributed by atoms with van der Waals surface area (Å²) in [5.41, 5.74) is -1.80. The van der Waals surface area contributed by atoms with Gasteiger partial charge in [-0.25, -0.2) is 29.1 Å². The van der Waals surface area contributed by atoms with E-state index in [9.17, 15) is 19.2 Å². The van der Waals surface area contributed by atoms with E-state index in [0.717, 1.165) is 31.4 Å². The number of carbonyl (C=O) groups excluding carboxylic acids is 4.